The number of methoxy groups -OCH3 is 1. The Morgan fingerprint density at radius 3 is 2.62 bits per heavy atom. The summed E-state index contributed by atoms with van der Waals surface area (Å²) < 4.78 is 5.41. The first-order valence-electron chi connectivity index (χ1n) is 7.67. The molecule has 2 rings (SSSR count). The summed E-state index contributed by atoms with van der Waals surface area (Å²) >= 11 is 0. The molecule has 4 heteroatoms. The molecule has 1 saturated carbocycles. The standard InChI is InChI=1S/C17H26N2O2/c1-19(2)13-7-6-12-18-16(20)17(10-11-17)14-8-4-5-9-15(14)21-3/h4-5,8-9H,6-7,10-13H2,1-3H3,(H,18,20). The van der Waals surface area contributed by atoms with Crippen molar-refractivity contribution in [1.29, 1.82) is 0 Å². The van der Waals surface area contributed by atoms with Crippen LogP contribution in [0.25, 0.3) is 0 Å². The molecule has 21 heavy (non-hydrogen) atoms. The lowest BCUT2D eigenvalue weighted by molar-refractivity contribution is -0.123. The zero-order valence-corrected chi connectivity index (χ0v) is 13.3. The number of carbonyl (C=O) groups is 1. The van der Waals surface area contributed by atoms with Crippen LogP contribution in [0.15, 0.2) is 24.3 Å². The smallest absolute Gasteiger partial charge is 0.230 e. The van der Waals surface area contributed by atoms with E-state index in [0.717, 1.165) is 50.1 Å². The van der Waals surface area contributed by atoms with Gasteiger partial charge in [-0.2, -0.15) is 0 Å². The molecule has 1 aliphatic carbocycles. The number of amides is 1. The predicted molar refractivity (Wildman–Crippen MR) is 84.7 cm³/mol. The van der Waals surface area contributed by atoms with Crippen LogP contribution in [0.4, 0.5) is 0 Å². The molecule has 0 unspecified atom stereocenters. The summed E-state index contributed by atoms with van der Waals surface area (Å²) in [6.07, 6.45) is 3.95. The highest BCUT2D eigenvalue weighted by Gasteiger charge is 2.52. The number of nitrogens with one attached hydrogen (secondary N) is 1. The van der Waals surface area contributed by atoms with Gasteiger partial charge in [-0.15, -0.1) is 0 Å². The van der Waals surface area contributed by atoms with Crippen LogP contribution in [0.2, 0.25) is 0 Å². The zero-order valence-electron chi connectivity index (χ0n) is 13.3. The van der Waals surface area contributed by atoms with Gasteiger partial charge < -0.3 is 15.0 Å². The Morgan fingerprint density at radius 2 is 2.00 bits per heavy atom. The Morgan fingerprint density at radius 1 is 1.29 bits per heavy atom. The first-order chi connectivity index (χ1) is 10.1. The Labute approximate surface area is 127 Å². The number of hydrogen-bond acceptors (Lipinski definition) is 3. The molecule has 1 fully saturated rings. The summed E-state index contributed by atoms with van der Waals surface area (Å²) in [5, 5.41) is 3.10. The van der Waals surface area contributed by atoms with Crippen LogP contribution in [-0.2, 0) is 10.2 Å². The number of nitrogens with zero attached hydrogens (tertiary/aromatic N) is 1. The summed E-state index contributed by atoms with van der Waals surface area (Å²) in [5.41, 5.74) is 0.673. The molecule has 0 bridgehead atoms. The Bertz CT molecular complexity index is 481. The van der Waals surface area contributed by atoms with Crippen molar-refractivity contribution in [3.63, 3.8) is 0 Å². The topological polar surface area (TPSA) is 41.6 Å². The van der Waals surface area contributed by atoms with Crippen molar-refractivity contribution in [2.24, 2.45) is 0 Å². The quantitative estimate of drug-likeness (QED) is 0.746. The first-order valence-corrected chi connectivity index (χ1v) is 7.67. The third-order valence-electron chi connectivity index (χ3n) is 4.12. The van der Waals surface area contributed by atoms with Gasteiger partial charge in [0, 0.05) is 12.1 Å². The van der Waals surface area contributed by atoms with Crippen molar-refractivity contribution in [1.82, 2.24) is 10.2 Å². The maximum atomic E-state index is 12.5. The van der Waals surface area contributed by atoms with E-state index in [0.29, 0.717) is 0 Å². The van der Waals surface area contributed by atoms with Crippen molar-refractivity contribution < 1.29 is 9.53 Å². The van der Waals surface area contributed by atoms with E-state index in [1.165, 1.54) is 0 Å². The van der Waals surface area contributed by atoms with Gasteiger partial charge in [-0.05, 0) is 52.4 Å². The molecule has 1 amide bonds. The molecule has 0 aromatic heterocycles. The summed E-state index contributed by atoms with van der Waals surface area (Å²) in [6, 6.07) is 7.86. The van der Waals surface area contributed by atoms with Crippen molar-refractivity contribution >= 4 is 5.91 Å². The number of carbonyl (C=O) groups excluding carboxylic acids is 1. The number of hydrogen-bond donors (Lipinski definition) is 1. The minimum atomic E-state index is -0.353. The van der Waals surface area contributed by atoms with Gasteiger partial charge in [0.25, 0.3) is 0 Å². The van der Waals surface area contributed by atoms with Crippen molar-refractivity contribution in [2.75, 3.05) is 34.3 Å². The number of benzene rings is 1. The van der Waals surface area contributed by atoms with Crippen molar-refractivity contribution in [3.8, 4) is 5.75 Å². The van der Waals surface area contributed by atoms with Gasteiger partial charge in [0.1, 0.15) is 5.75 Å². The highest BCUT2D eigenvalue weighted by molar-refractivity contribution is 5.92. The highest BCUT2D eigenvalue weighted by Crippen LogP contribution is 2.51. The number of ether oxygens (including phenoxy) is 1. The van der Waals surface area contributed by atoms with Gasteiger partial charge in [0.05, 0.1) is 12.5 Å². The second-order valence-corrected chi connectivity index (χ2v) is 6.05. The Kier molecular flexibility index (Phi) is 5.23. The largest absolute Gasteiger partial charge is 0.496 e. The fourth-order valence-electron chi connectivity index (χ4n) is 2.71. The van der Waals surface area contributed by atoms with E-state index in [-0.39, 0.29) is 11.3 Å². The molecule has 116 valence electrons. The third kappa shape index (κ3) is 3.76. The van der Waals surface area contributed by atoms with Gasteiger partial charge >= 0.3 is 0 Å². The molecular formula is C17H26N2O2. The van der Waals surface area contributed by atoms with E-state index in [9.17, 15) is 4.79 Å². The van der Waals surface area contributed by atoms with Gasteiger partial charge in [0.15, 0.2) is 0 Å². The molecule has 1 N–H and O–H groups in total. The van der Waals surface area contributed by atoms with Crippen LogP contribution in [0, 0.1) is 0 Å². The highest BCUT2D eigenvalue weighted by atomic mass is 16.5. The molecular weight excluding hydrogens is 264 g/mol. The Hall–Kier alpha value is -1.55. The van der Waals surface area contributed by atoms with Crippen molar-refractivity contribution in [2.45, 2.75) is 31.1 Å². The molecule has 0 heterocycles. The van der Waals surface area contributed by atoms with Gasteiger partial charge in [-0.3, -0.25) is 4.79 Å². The second kappa shape index (κ2) is 6.94. The first kappa shape index (κ1) is 15.8. The average Bonchev–Trinajstić information content (AvgIpc) is 3.28. The average molecular weight is 290 g/mol. The van der Waals surface area contributed by atoms with Crippen LogP contribution in [0.1, 0.15) is 31.2 Å². The van der Waals surface area contributed by atoms with Gasteiger partial charge in [-0.25, -0.2) is 0 Å². The summed E-state index contributed by atoms with van der Waals surface area (Å²) in [5.74, 6) is 0.967. The molecule has 0 radical (unpaired) electrons. The maximum Gasteiger partial charge on any atom is 0.230 e. The molecule has 0 aliphatic heterocycles. The SMILES string of the molecule is COc1ccccc1C1(C(=O)NCCCCN(C)C)CC1. The minimum absolute atomic E-state index is 0.150. The van der Waals surface area contributed by atoms with Crippen LogP contribution in [-0.4, -0.2) is 45.1 Å². The van der Waals surface area contributed by atoms with E-state index in [2.05, 4.69) is 24.3 Å². The fraction of sp³-hybridized carbons (Fsp3) is 0.588. The van der Waals surface area contributed by atoms with Crippen molar-refractivity contribution in [3.05, 3.63) is 29.8 Å². The van der Waals surface area contributed by atoms with Crippen LogP contribution in [0.5, 0.6) is 5.75 Å². The van der Waals surface area contributed by atoms with Gasteiger partial charge in [0.2, 0.25) is 5.91 Å². The van der Waals surface area contributed by atoms with E-state index in [4.69, 9.17) is 4.74 Å². The minimum Gasteiger partial charge on any atom is -0.496 e. The monoisotopic (exact) mass is 290 g/mol. The second-order valence-electron chi connectivity index (χ2n) is 6.05. The maximum absolute atomic E-state index is 12.5. The fourth-order valence-corrected chi connectivity index (χ4v) is 2.71. The van der Waals surface area contributed by atoms with E-state index in [1.54, 1.807) is 7.11 Å². The molecule has 0 spiro atoms. The summed E-state index contributed by atoms with van der Waals surface area (Å²) in [6.45, 7) is 1.82. The number of rotatable bonds is 8. The lowest BCUT2D eigenvalue weighted by Gasteiger charge is -2.18. The third-order valence-corrected chi connectivity index (χ3v) is 4.12. The lowest BCUT2D eigenvalue weighted by Crippen LogP contribution is -2.35. The molecule has 0 saturated heterocycles. The molecule has 1 aliphatic rings. The van der Waals surface area contributed by atoms with Crippen LogP contribution in [0.3, 0.4) is 0 Å². The van der Waals surface area contributed by atoms with Gasteiger partial charge in [-0.1, -0.05) is 18.2 Å². The normalized spacial score (nSPS) is 15.8. The van der Waals surface area contributed by atoms with E-state index < -0.39 is 0 Å². The lowest BCUT2D eigenvalue weighted by atomic mass is 9.94. The molecule has 4 nitrogen and oxygen atoms in total. The van der Waals surface area contributed by atoms with E-state index in [1.807, 2.05) is 24.3 Å². The Balaban J connectivity index is 1.90. The molecule has 0 atom stereocenters. The number of unbranched alkanes of at least 4 members (excludes halogenated alkanes) is 1. The van der Waals surface area contributed by atoms with Crippen LogP contribution >= 0.6 is 0 Å². The summed E-state index contributed by atoms with van der Waals surface area (Å²) in [7, 11) is 5.80. The molecule has 1 aromatic carbocycles. The van der Waals surface area contributed by atoms with E-state index >= 15 is 0 Å². The van der Waals surface area contributed by atoms with Crippen LogP contribution < -0.4 is 10.1 Å². The zero-order chi connectivity index (χ0) is 15.3. The predicted octanol–water partition coefficient (Wildman–Crippen LogP) is 2.18. The number of para-hydroxylation sites is 1. The summed E-state index contributed by atoms with van der Waals surface area (Å²) in [4.78, 5) is 14.7. The molecule has 1 aromatic rings.